The van der Waals surface area contributed by atoms with Crippen LogP contribution < -0.4 is 10.6 Å². The first-order valence-electron chi connectivity index (χ1n) is 5.61. The molecule has 0 saturated heterocycles. The minimum Gasteiger partial charge on any atom is -0.399 e. The average molecular weight is 206 g/mol. The van der Waals surface area contributed by atoms with Crippen molar-refractivity contribution in [3.8, 4) is 0 Å². The van der Waals surface area contributed by atoms with Crippen molar-refractivity contribution in [1.82, 2.24) is 0 Å². The van der Waals surface area contributed by atoms with E-state index in [2.05, 4.69) is 38.8 Å². The fraction of sp³-hybridized carbons (Fsp3) is 0.538. The summed E-state index contributed by atoms with van der Waals surface area (Å²) in [6.45, 7) is 7.66. The summed E-state index contributed by atoms with van der Waals surface area (Å²) in [4.78, 5) is 2.28. The van der Waals surface area contributed by atoms with Crippen molar-refractivity contribution in [2.45, 2.75) is 27.2 Å². The third kappa shape index (κ3) is 3.46. The Hall–Kier alpha value is -1.18. The quantitative estimate of drug-likeness (QED) is 0.767. The lowest BCUT2D eigenvalue weighted by Gasteiger charge is -2.23. The van der Waals surface area contributed by atoms with E-state index < -0.39 is 0 Å². The Morgan fingerprint density at radius 1 is 1.33 bits per heavy atom. The van der Waals surface area contributed by atoms with E-state index >= 15 is 0 Å². The fourth-order valence-corrected chi connectivity index (χ4v) is 1.71. The Morgan fingerprint density at radius 2 is 2.00 bits per heavy atom. The van der Waals surface area contributed by atoms with Crippen molar-refractivity contribution in [2.24, 2.45) is 5.92 Å². The number of aryl methyl sites for hydroxylation is 1. The third-order valence-electron chi connectivity index (χ3n) is 2.81. The van der Waals surface area contributed by atoms with Crippen LogP contribution in [-0.4, -0.2) is 13.6 Å². The minimum atomic E-state index is 0.719. The standard InChI is InChI=1S/C13H22N2/c1-5-10(2)9-15(4)13-7-11(3)6-12(14)8-13/h6-8,10H,5,9,14H2,1-4H3. The maximum atomic E-state index is 5.83. The Balaban J connectivity index is 2.77. The normalized spacial score (nSPS) is 12.5. The molecule has 1 rings (SSSR count). The zero-order valence-electron chi connectivity index (χ0n) is 10.2. The predicted octanol–water partition coefficient (Wildman–Crippen LogP) is 3.06. The van der Waals surface area contributed by atoms with Crippen LogP contribution in [-0.2, 0) is 0 Å². The molecule has 0 aliphatic heterocycles. The Kier molecular flexibility index (Phi) is 4.01. The molecule has 0 bridgehead atoms. The molecule has 0 heterocycles. The molecule has 0 saturated carbocycles. The SMILES string of the molecule is CCC(C)CN(C)c1cc(C)cc(N)c1. The number of nitrogens with zero attached hydrogens (tertiary/aromatic N) is 1. The molecule has 0 radical (unpaired) electrons. The van der Waals surface area contributed by atoms with Crippen LogP contribution in [0.5, 0.6) is 0 Å². The molecular weight excluding hydrogens is 184 g/mol. The molecule has 2 nitrogen and oxygen atoms in total. The molecular formula is C13H22N2. The van der Waals surface area contributed by atoms with Gasteiger partial charge in [-0.05, 0) is 36.6 Å². The van der Waals surface area contributed by atoms with Gasteiger partial charge in [0.15, 0.2) is 0 Å². The molecule has 0 amide bonds. The molecule has 0 aliphatic rings. The van der Waals surface area contributed by atoms with Gasteiger partial charge in [-0.3, -0.25) is 0 Å². The number of benzene rings is 1. The Bertz CT molecular complexity index is 300. The van der Waals surface area contributed by atoms with Gasteiger partial charge in [-0.25, -0.2) is 0 Å². The zero-order valence-corrected chi connectivity index (χ0v) is 10.2. The molecule has 15 heavy (non-hydrogen) atoms. The van der Waals surface area contributed by atoms with Gasteiger partial charge in [0.1, 0.15) is 0 Å². The number of hydrogen-bond donors (Lipinski definition) is 1. The largest absolute Gasteiger partial charge is 0.399 e. The van der Waals surface area contributed by atoms with Gasteiger partial charge in [-0.1, -0.05) is 20.3 Å². The molecule has 1 aromatic rings. The van der Waals surface area contributed by atoms with Gasteiger partial charge in [0.2, 0.25) is 0 Å². The first kappa shape index (κ1) is 11.9. The van der Waals surface area contributed by atoms with Crippen LogP contribution in [0.1, 0.15) is 25.8 Å². The summed E-state index contributed by atoms with van der Waals surface area (Å²) in [5.74, 6) is 0.719. The van der Waals surface area contributed by atoms with Crippen molar-refractivity contribution < 1.29 is 0 Å². The lowest BCUT2D eigenvalue weighted by atomic mass is 10.1. The van der Waals surface area contributed by atoms with Crippen molar-refractivity contribution in [1.29, 1.82) is 0 Å². The summed E-state index contributed by atoms with van der Waals surface area (Å²) >= 11 is 0. The van der Waals surface area contributed by atoms with E-state index in [1.54, 1.807) is 0 Å². The van der Waals surface area contributed by atoms with Gasteiger partial charge in [0.25, 0.3) is 0 Å². The fourth-order valence-electron chi connectivity index (χ4n) is 1.71. The first-order valence-corrected chi connectivity index (χ1v) is 5.61. The lowest BCUT2D eigenvalue weighted by molar-refractivity contribution is 0.560. The Labute approximate surface area is 93.1 Å². The summed E-state index contributed by atoms with van der Waals surface area (Å²) in [7, 11) is 2.13. The van der Waals surface area contributed by atoms with Crippen LogP contribution >= 0.6 is 0 Å². The average Bonchev–Trinajstić information content (AvgIpc) is 2.16. The van der Waals surface area contributed by atoms with Crippen molar-refractivity contribution >= 4 is 11.4 Å². The van der Waals surface area contributed by atoms with Crippen molar-refractivity contribution in [3.63, 3.8) is 0 Å². The topological polar surface area (TPSA) is 29.3 Å². The van der Waals surface area contributed by atoms with Gasteiger partial charge >= 0.3 is 0 Å². The molecule has 2 N–H and O–H groups in total. The predicted molar refractivity (Wildman–Crippen MR) is 68.3 cm³/mol. The molecule has 1 aromatic carbocycles. The number of nitrogen functional groups attached to an aromatic ring is 1. The number of rotatable bonds is 4. The molecule has 1 unspecified atom stereocenters. The van der Waals surface area contributed by atoms with E-state index in [4.69, 9.17) is 5.73 Å². The van der Waals surface area contributed by atoms with Crippen molar-refractivity contribution in [2.75, 3.05) is 24.2 Å². The summed E-state index contributed by atoms with van der Waals surface area (Å²) in [6, 6.07) is 6.22. The molecule has 2 heteroatoms. The number of hydrogen-bond acceptors (Lipinski definition) is 2. The monoisotopic (exact) mass is 206 g/mol. The second-order valence-corrected chi connectivity index (χ2v) is 4.50. The Morgan fingerprint density at radius 3 is 2.53 bits per heavy atom. The third-order valence-corrected chi connectivity index (χ3v) is 2.81. The minimum absolute atomic E-state index is 0.719. The highest BCUT2D eigenvalue weighted by Gasteiger charge is 2.06. The van der Waals surface area contributed by atoms with Crippen LogP contribution in [0.2, 0.25) is 0 Å². The highest BCUT2D eigenvalue weighted by Crippen LogP contribution is 2.20. The summed E-state index contributed by atoms with van der Waals surface area (Å²) in [5, 5.41) is 0. The molecule has 0 fully saturated rings. The smallest absolute Gasteiger partial charge is 0.0387 e. The maximum Gasteiger partial charge on any atom is 0.0387 e. The number of anilines is 2. The van der Waals surface area contributed by atoms with Gasteiger partial charge < -0.3 is 10.6 Å². The highest BCUT2D eigenvalue weighted by atomic mass is 15.1. The van der Waals surface area contributed by atoms with Crippen LogP contribution in [0.4, 0.5) is 11.4 Å². The van der Waals surface area contributed by atoms with E-state index in [1.807, 2.05) is 12.1 Å². The van der Waals surface area contributed by atoms with Gasteiger partial charge in [0, 0.05) is 25.0 Å². The van der Waals surface area contributed by atoms with E-state index in [0.29, 0.717) is 0 Å². The summed E-state index contributed by atoms with van der Waals surface area (Å²) < 4.78 is 0. The first-order chi connectivity index (χ1) is 7.02. The van der Waals surface area contributed by atoms with Crippen molar-refractivity contribution in [3.05, 3.63) is 23.8 Å². The summed E-state index contributed by atoms with van der Waals surface area (Å²) in [5.41, 5.74) is 9.12. The van der Waals surface area contributed by atoms with E-state index in [9.17, 15) is 0 Å². The van der Waals surface area contributed by atoms with Crippen LogP contribution in [0.3, 0.4) is 0 Å². The van der Waals surface area contributed by atoms with Crippen LogP contribution in [0.25, 0.3) is 0 Å². The van der Waals surface area contributed by atoms with E-state index in [-0.39, 0.29) is 0 Å². The van der Waals surface area contributed by atoms with Gasteiger partial charge in [-0.15, -0.1) is 0 Å². The summed E-state index contributed by atoms with van der Waals surface area (Å²) in [6.07, 6.45) is 1.21. The molecule has 0 aromatic heterocycles. The second-order valence-electron chi connectivity index (χ2n) is 4.50. The zero-order chi connectivity index (χ0) is 11.4. The number of nitrogens with two attached hydrogens (primary N) is 1. The van der Waals surface area contributed by atoms with Gasteiger partial charge in [-0.2, -0.15) is 0 Å². The van der Waals surface area contributed by atoms with E-state index in [1.165, 1.54) is 17.7 Å². The van der Waals surface area contributed by atoms with E-state index in [0.717, 1.165) is 18.2 Å². The molecule has 0 spiro atoms. The van der Waals surface area contributed by atoms with Crippen LogP contribution in [0.15, 0.2) is 18.2 Å². The van der Waals surface area contributed by atoms with Gasteiger partial charge in [0.05, 0.1) is 0 Å². The molecule has 1 atom stereocenters. The maximum absolute atomic E-state index is 5.83. The highest BCUT2D eigenvalue weighted by molar-refractivity contribution is 5.57. The second kappa shape index (κ2) is 5.06. The molecule has 0 aliphatic carbocycles. The lowest BCUT2D eigenvalue weighted by Crippen LogP contribution is -2.23. The molecule has 84 valence electrons. The van der Waals surface area contributed by atoms with Crippen LogP contribution in [0, 0.1) is 12.8 Å².